The largest absolute Gasteiger partial charge is 0.393 e. The van der Waals surface area contributed by atoms with E-state index in [4.69, 9.17) is 5.41 Å². The number of halogens is 1. The molecule has 2 N–H and O–H groups in total. The van der Waals surface area contributed by atoms with Crippen LogP contribution in [0.3, 0.4) is 0 Å². The number of anilines is 1. The van der Waals surface area contributed by atoms with Crippen LogP contribution < -0.4 is 10.2 Å². The van der Waals surface area contributed by atoms with Crippen LogP contribution in [0.2, 0.25) is 0 Å². The number of nitrogens with zero attached hydrogens (tertiary/aromatic N) is 4. The molecule has 4 rings (SSSR count). The zero-order valence-electron chi connectivity index (χ0n) is 14.9. The van der Waals surface area contributed by atoms with Crippen LogP contribution in [0.1, 0.15) is 18.5 Å². The third-order valence-electron chi connectivity index (χ3n) is 4.50. The molecule has 1 saturated heterocycles. The minimum atomic E-state index is -0.506. The zero-order valence-corrected chi connectivity index (χ0v) is 15.7. The molecule has 1 fully saturated rings. The molecular formula is C19H19FN6S. The zero-order chi connectivity index (χ0) is 18.8. The van der Waals surface area contributed by atoms with Crippen molar-refractivity contribution in [1.29, 1.82) is 5.41 Å². The number of hydrogen-bond acceptors (Lipinski definition) is 7. The monoisotopic (exact) mass is 382 g/mol. The van der Waals surface area contributed by atoms with Crippen molar-refractivity contribution in [3.63, 3.8) is 0 Å². The molecule has 3 aromatic rings. The maximum absolute atomic E-state index is 14.6. The van der Waals surface area contributed by atoms with Crippen molar-refractivity contribution in [1.82, 2.24) is 20.3 Å². The lowest BCUT2D eigenvalue weighted by Gasteiger charge is -2.16. The molecule has 1 aliphatic rings. The topological polar surface area (TPSA) is 77.8 Å². The molecule has 0 amide bonds. The second kappa shape index (κ2) is 7.40. The fourth-order valence-electron chi connectivity index (χ4n) is 3.15. The summed E-state index contributed by atoms with van der Waals surface area (Å²) in [5.74, 6) is 0.178. The highest BCUT2D eigenvalue weighted by Gasteiger charge is 2.18. The van der Waals surface area contributed by atoms with Gasteiger partial charge in [0.15, 0.2) is 5.65 Å². The van der Waals surface area contributed by atoms with Crippen LogP contribution in [0.5, 0.6) is 0 Å². The van der Waals surface area contributed by atoms with Crippen molar-refractivity contribution in [2.24, 2.45) is 0 Å². The van der Waals surface area contributed by atoms with Crippen molar-refractivity contribution >= 4 is 39.3 Å². The molecule has 0 bridgehead atoms. The minimum absolute atomic E-state index is 0.389. The first-order valence-corrected chi connectivity index (χ1v) is 9.59. The Kier molecular flexibility index (Phi) is 4.81. The van der Waals surface area contributed by atoms with Gasteiger partial charge in [0, 0.05) is 38.1 Å². The Hall–Kier alpha value is -2.87. The Morgan fingerprint density at radius 2 is 2.00 bits per heavy atom. The second-order valence-electron chi connectivity index (χ2n) is 6.27. The number of pyridine rings is 2. The first kappa shape index (κ1) is 17.5. The average Bonchev–Trinajstić information content (AvgIpc) is 3.35. The fraction of sp³-hybridized carbons (Fsp3) is 0.263. The van der Waals surface area contributed by atoms with Gasteiger partial charge in [-0.1, -0.05) is 0 Å². The fourth-order valence-corrected chi connectivity index (χ4v) is 4.07. The maximum atomic E-state index is 14.6. The first-order chi connectivity index (χ1) is 13.2. The van der Waals surface area contributed by atoms with Crippen molar-refractivity contribution in [2.75, 3.05) is 25.0 Å². The van der Waals surface area contributed by atoms with E-state index in [0.29, 0.717) is 33.3 Å². The number of nitrogens with one attached hydrogen (secondary N) is 2. The molecule has 0 radical (unpaired) electrons. The average molecular weight is 382 g/mol. The van der Waals surface area contributed by atoms with Crippen molar-refractivity contribution in [3.05, 3.63) is 42.1 Å². The van der Waals surface area contributed by atoms with Gasteiger partial charge in [0.2, 0.25) is 5.95 Å². The van der Waals surface area contributed by atoms with E-state index in [1.807, 2.05) is 18.2 Å². The molecule has 27 heavy (non-hydrogen) atoms. The van der Waals surface area contributed by atoms with Crippen LogP contribution in [0, 0.1) is 11.4 Å². The predicted molar refractivity (Wildman–Crippen MR) is 108 cm³/mol. The summed E-state index contributed by atoms with van der Waals surface area (Å²) in [5.41, 5.74) is 2.23. The van der Waals surface area contributed by atoms with E-state index < -0.39 is 5.95 Å². The van der Waals surface area contributed by atoms with Crippen molar-refractivity contribution in [2.45, 2.75) is 12.8 Å². The molecule has 6 nitrogen and oxygen atoms in total. The smallest absolute Gasteiger partial charge is 0.225 e. The first-order valence-electron chi connectivity index (χ1n) is 8.77. The van der Waals surface area contributed by atoms with E-state index in [0.717, 1.165) is 30.6 Å². The second-order valence-corrected chi connectivity index (χ2v) is 7.30. The van der Waals surface area contributed by atoms with Crippen LogP contribution in [-0.4, -0.2) is 41.3 Å². The van der Waals surface area contributed by atoms with Gasteiger partial charge in [-0.3, -0.25) is 0 Å². The number of aromatic nitrogens is 3. The summed E-state index contributed by atoms with van der Waals surface area (Å²) in [6.45, 7) is 1.85. The van der Waals surface area contributed by atoms with E-state index in [9.17, 15) is 4.39 Å². The highest BCUT2D eigenvalue weighted by Crippen LogP contribution is 2.32. The molecule has 8 heteroatoms. The van der Waals surface area contributed by atoms with Gasteiger partial charge in [-0.05, 0) is 37.1 Å². The van der Waals surface area contributed by atoms with Crippen molar-refractivity contribution < 1.29 is 4.39 Å². The lowest BCUT2D eigenvalue weighted by molar-refractivity contribution is 0.586. The van der Waals surface area contributed by atoms with Crippen LogP contribution in [0.25, 0.3) is 26.5 Å². The van der Waals surface area contributed by atoms with Gasteiger partial charge in [0.1, 0.15) is 10.8 Å². The number of rotatable bonds is 5. The third kappa shape index (κ3) is 3.40. The molecule has 0 unspecified atom stereocenters. The standard InChI is InChI=1S/C19H19FN6S/c1-22-11-12(10-21)14-5-6-15-18(23-14)25-19(27-15)13-4-7-16(24-17(13)20)26-8-2-3-9-26/h4-7,10-11,21-22H,2-3,8-9H2,1H3/b12-11+,21-10?. The molecule has 0 saturated carbocycles. The highest BCUT2D eigenvalue weighted by atomic mass is 32.1. The lowest BCUT2D eigenvalue weighted by atomic mass is 10.2. The van der Waals surface area contributed by atoms with Crippen LogP contribution in [-0.2, 0) is 0 Å². The Labute approximate surface area is 160 Å². The Bertz CT molecular complexity index is 1020. The minimum Gasteiger partial charge on any atom is -0.393 e. The number of thiazole rings is 1. The van der Waals surface area contributed by atoms with E-state index in [-0.39, 0.29) is 0 Å². The van der Waals surface area contributed by atoms with Gasteiger partial charge < -0.3 is 15.6 Å². The predicted octanol–water partition coefficient (Wildman–Crippen LogP) is 3.70. The quantitative estimate of drug-likeness (QED) is 0.520. The molecule has 0 aliphatic carbocycles. The van der Waals surface area contributed by atoms with Gasteiger partial charge in [-0.25, -0.2) is 15.0 Å². The summed E-state index contributed by atoms with van der Waals surface area (Å²) in [6.07, 6.45) is 5.18. The van der Waals surface area contributed by atoms with E-state index in [2.05, 4.69) is 25.2 Å². The van der Waals surface area contributed by atoms with Crippen LogP contribution in [0.4, 0.5) is 10.2 Å². The van der Waals surface area contributed by atoms with Gasteiger partial charge in [0.25, 0.3) is 0 Å². The molecule has 0 spiro atoms. The summed E-state index contributed by atoms with van der Waals surface area (Å²) in [7, 11) is 1.77. The van der Waals surface area contributed by atoms with Crippen molar-refractivity contribution in [3.8, 4) is 10.6 Å². The normalized spacial score (nSPS) is 14.7. The molecule has 138 valence electrons. The molecule has 0 aromatic carbocycles. The molecule has 1 aliphatic heterocycles. The number of hydrogen-bond donors (Lipinski definition) is 2. The summed E-state index contributed by atoms with van der Waals surface area (Å²) in [5, 5.41) is 11.0. The molecular weight excluding hydrogens is 363 g/mol. The van der Waals surface area contributed by atoms with Gasteiger partial charge in [-0.15, -0.1) is 11.3 Å². The summed E-state index contributed by atoms with van der Waals surface area (Å²) >= 11 is 1.38. The Morgan fingerprint density at radius 3 is 2.70 bits per heavy atom. The van der Waals surface area contributed by atoms with E-state index >= 15 is 0 Å². The number of fused-ring (bicyclic) bond motifs is 1. The summed E-state index contributed by atoms with van der Waals surface area (Å²) < 4.78 is 15.5. The maximum Gasteiger partial charge on any atom is 0.225 e. The van der Waals surface area contributed by atoms with E-state index in [1.165, 1.54) is 17.6 Å². The third-order valence-corrected chi connectivity index (χ3v) is 5.54. The molecule has 0 atom stereocenters. The lowest BCUT2D eigenvalue weighted by Crippen LogP contribution is -2.19. The van der Waals surface area contributed by atoms with Crippen LogP contribution >= 0.6 is 11.3 Å². The van der Waals surface area contributed by atoms with Gasteiger partial charge in [0.05, 0.1) is 16.0 Å². The Balaban J connectivity index is 1.69. The SMILES string of the molecule is CN/C=C(\C=N)c1ccc2sc(-c3ccc(N4CCCC4)nc3F)nc2n1. The van der Waals surface area contributed by atoms with Gasteiger partial charge >= 0.3 is 0 Å². The number of allylic oxidation sites excluding steroid dienone is 1. The van der Waals surface area contributed by atoms with Gasteiger partial charge in [-0.2, -0.15) is 4.39 Å². The molecule has 4 heterocycles. The highest BCUT2D eigenvalue weighted by molar-refractivity contribution is 7.21. The summed E-state index contributed by atoms with van der Waals surface area (Å²) in [6, 6.07) is 7.34. The Morgan fingerprint density at radius 1 is 1.19 bits per heavy atom. The van der Waals surface area contributed by atoms with E-state index in [1.54, 1.807) is 19.3 Å². The summed E-state index contributed by atoms with van der Waals surface area (Å²) in [4.78, 5) is 15.3. The van der Waals surface area contributed by atoms with Crippen LogP contribution in [0.15, 0.2) is 30.5 Å². The molecule has 3 aromatic heterocycles.